The van der Waals surface area contributed by atoms with E-state index in [0.29, 0.717) is 5.92 Å². The zero-order valence-electron chi connectivity index (χ0n) is 10.8. The molecule has 0 atom stereocenters. The molecule has 88 valence electrons. The first-order valence-electron chi connectivity index (χ1n) is 5.64. The summed E-state index contributed by atoms with van der Waals surface area (Å²) in [6, 6.07) is 0. The lowest BCUT2D eigenvalue weighted by Crippen LogP contribution is -2.60. The van der Waals surface area contributed by atoms with E-state index in [4.69, 9.17) is 4.84 Å². The fourth-order valence-corrected chi connectivity index (χ4v) is 3.14. The van der Waals surface area contributed by atoms with Crippen LogP contribution in [0, 0.1) is 5.92 Å². The van der Waals surface area contributed by atoms with Gasteiger partial charge in [-0.1, -0.05) is 6.92 Å². The zero-order chi connectivity index (χ0) is 11.9. The minimum absolute atomic E-state index is 0.0766. The van der Waals surface area contributed by atoms with E-state index in [1.165, 1.54) is 6.92 Å². The van der Waals surface area contributed by atoms with Crippen molar-refractivity contribution < 1.29 is 9.63 Å². The van der Waals surface area contributed by atoms with Crippen molar-refractivity contribution >= 4 is 5.97 Å². The molecule has 1 aliphatic heterocycles. The van der Waals surface area contributed by atoms with Gasteiger partial charge in [-0.3, -0.25) is 4.79 Å². The fraction of sp³-hybridized carbons (Fsp3) is 0.917. The van der Waals surface area contributed by atoms with E-state index in [1.807, 2.05) is 5.06 Å². The maximum atomic E-state index is 11.1. The number of hydrogen-bond acceptors (Lipinski definition) is 3. The minimum atomic E-state index is -0.231. The van der Waals surface area contributed by atoms with Crippen LogP contribution in [0.15, 0.2) is 0 Å². The summed E-state index contributed by atoms with van der Waals surface area (Å²) in [5.41, 5.74) is -0.153. The predicted molar refractivity (Wildman–Crippen MR) is 60.2 cm³/mol. The molecule has 1 rings (SSSR count). The van der Waals surface area contributed by atoms with Crippen LogP contribution in [0.2, 0.25) is 0 Å². The molecule has 3 nitrogen and oxygen atoms in total. The second-order valence-electron chi connectivity index (χ2n) is 6.02. The van der Waals surface area contributed by atoms with Crippen LogP contribution in [0.1, 0.15) is 54.4 Å². The second kappa shape index (κ2) is 3.78. The minimum Gasteiger partial charge on any atom is -0.367 e. The van der Waals surface area contributed by atoms with E-state index in [9.17, 15) is 4.79 Å². The maximum absolute atomic E-state index is 11.1. The molecule has 0 aromatic carbocycles. The van der Waals surface area contributed by atoms with Gasteiger partial charge < -0.3 is 4.84 Å². The van der Waals surface area contributed by atoms with Crippen LogP contribution in [0.3, 0.4) is 0 Å². The number of hydroxylamine groups is 2. The van der Waals surface area contributed by atoms with E-state index in [1.54, 1.807) is 0 Å². The van der Waals surface area contributed by atoms with Crippen molar-refractivity contribution in [3.63, 3.8) is 0 Å². The topological polar surface area (TPSA) is 29.5 Å². The lowest BCUT2D eigenvalue weighted by atomic mass is 9.76. The highest BCUT2D eigenvalue weighted by molar-refractivity contribution is 5.65. The van der Waals surface area contributed by atoms with Crippen LogP contribution in [0.5, 0.6) is 0 Å². The Kier molecular flexibility index (Phi) is 3.15. The first-order chi connectivity index (χ1) is 6.65. The monoisotopic (exact) mass is 213 g/mol. The van der Waals surface area contributed by atoms with Crippen LogP contribution < -0.4 is 0 Å². The van der Waals surface area contributed by atoms with Gasteiger partial charge >= 0.3 is 5.97 Å². The molecule has 0 unspecified atom stereocenters. The summed E-state index contributed by atoms with van der Waals surface area (Å²) in [4.78, 5) is 16.5. The van der Waals surface area contributed by atoms with Gasteiger partial charge in [-0.25, -0.2) is 0 Å². The summed E-state index contributed by atoms with van der Waals surface area (Å²) < 4.78 is 0. The molecule has 0 bridgehead atoms. The number of piperidine rings is 1. The van der Waals surface area contributed by atoms with Crippen LogP contribution in [-0.4, -0.2) is 22.1 Å². The van der Waals surface area contributed by atoms with E-state index in [0.717, 1.165) is 12.8 Å². The van der Waals surface area contributed by atoms with Gasteiger partial charge in [0, 0.05) is 6.92 Å². The van der Waals surface area contributed by atoms with Crippen molar-refractivity contribution in [3.8, 4) is 0 Å². The zero-order valence-corrected chi connectivity index (χ0v) is 10.8. The number of hydrogen-bond donors (Lipinski definition) is 0. The van der Waals surface area contributed by atoms with E-state index >= 15 is 0 Å². The highest BCUT2D eigenvalue weighted by atomic mass is 16.7. The molecule has 0 radical (unpaired) electrons. The Balaban J connectivity index is 2.92. The van der Waals surface area contributed by atoms with E-state index in [2.05, 4.69) is 34.6 Å². The average molecular weight is 213 g/mol. The third kappa shape index (κ3) is 2.71. The van der Waals surface area contributed by atoms with Crippen LogP contribution in [0.4, 0.5) is 0 Å². The summed E-state index contributed by atoms with van der Waals surface area (Å²) in [5.74, 6) is 0.438. The van der Waals surface area contributed by atoms with Gasteiger partial charge in [-0.05, 0) is 46.5 Å². The molecular formula is C12H23NO2. The van der Waals surface area contributed by atoms with Crippen LogP contribution >= 0.6 is 0 Å². The van der Waals surface area contributed by atoms with Gasteiger partial charge in [0.2, 0.25) is 0 Å². The Morgan fingerprint density at radius 2 is 1.60 bits per heavy atom. The molecule has 0 aromatic rings. The molecule has 1 fully saturated rings. The van der Waals surface area contributed by atoms with Gasteiger partial charge in [0.05, 0.1) is 11.1 Å². The molecule has 0 aliphatic carbocycles. The van der Waals surface area contributed by atoms with Crippen molar-refractivity contribution in [1.29, 1.82) is 0 Å². The molecular weight excluding hydrogens is 190 g/mol. The highest BCUT2D eigenvalue weighted by Crippen LogP contribution is 2.41. The van der Waals surface area contributed by atoms with Gasteiger partial charge in [0.15, 0.2) is 0 Å². The quantitative estimate of drug-likeness (QED) is 0.670. The van der Waals surface area contributed by atoms with Gasteiger partial charge in [0.25, 0.3) is 0 Å². The molecule has 1 saturated heterocycles. The first-order valence-corrected chi connectivity index (χ1v) is 5.64. The SMILES string of the molecule is CC(=O)ON1C(C)(C)CC(C)CC1(C)C. The number of nitrogens with zero attached hydrogens (tertiary/aromatic N) is 1. The molecule has 0 saturated carbocycles. The lowest BCUT2D eigenvalue weighted by Gasteiger charge is -2.52. The molecule has 15 heavy (non-hydrogen) atoms. The number of carbonyl (C=O) groups is 1. The van der Waals surface area contributed by atoms with Crippen molar-refractivity contribution in [2.24, 2.45) is 5.92 Å². The van der Waals surface area contributed by atoms with Crippen molar-refractivity contribution in [3.05, 3.63) is 0 Å². The largest absolute Gasteiger partial charge is 0.367 e. The second-order valence-corrected chi connectivity index (χ2v) is 6.02. The third-order valence-corrected chi connectivity index (χ3v) is 3.02. The Labute approximate surface area is 92.7 Å². The Morgan fingerprint density at radius 3 is 1.93 bits per heavy atom. The highest BCUT2D eigenvalue weighted by Gasteiger charge is 2.46. The molecule has 1 aliphatic rings. The van der Waals surface area contributed by atoms with E-state index in [-0.39, 0.29) is 17.0 Å². The lowest BCUT2D eigenvalue weighted by molar-refractivity contribution is -0.269. The van der Waals surface area contributed by atoms with Crippen LogP contribution in [0.25, 0.3) is 0 Å². The molecule has 1 heterocycles. The Bertz CT molecular complexity index is 240. The fourth-order valence-electron chi connectivity index (χ4n) is 3.14. The molecule has 0 amide bonds. The van der Waals surface area contributed by atoms with Crippen LogP contribution in [-0.2, 0) is 9.63 Å². The van der Waals surface area contributed by atoms with Crippen molar-refractivity contribution in [1.82, 2.24) is 5.06 Å². The van der Waals surface area contributed by atoms with Gasteiger partial charge in [0.1, 0.15) is 0 Å². The molecule has 3 heteroatoms. The summed E-state index contributed by atoms with van der Waals surface area (Å²) in [5, 5.41) is 1.88. The average Bonchev–Trinajstić information content (AvgIpc) is 1.94. The normalized spacial score (nSPS) is 26.3. The molecule has 0 aromatic heterocycles. The van der Waals surface area contributed by atoms with Gasteiger partial charge in [-0.15, -0.1) is 5.06 Å². The standard InChI is InChI=1S/C12H23NO2/c1-9-7-11(3,4)13(15-10(2)14)12(5,6)8-9/h9H,7-8H2,1-6H3. The summed E-state index contributed by atoms with van der Waals surface area (Å²) in [6.07, 6.45) is 2.12. The third-order valence-electron chi connectivity index (χ3n) is 3.02. The maximum Gasteiger partial charge on any atom is 0.322 e. The van der Waals surface area contributed by atoms with Crippen molar-refractivity contribution in [2.45, 2.75) is 65.5 Å². The summed E-state index contributed by atoms with van der Waals surface area (Å²) in [7, 11) is 0. The summed E-state index contributed by atoms with van der Waals surface area (Å²) in [6.45, 7) is 12.3. The van der Waals surface area contributed by atoms with Crippen molar-refractivity contribution in [2.75, 3.05) is 0 Å². The predicted octanol–water partition coefficient (Wildman–Crippen LogP) is 2.75. The first kappa shape index (κ1) is 12.5. The summed E-state index contributed by atoms with van der Waals surface area (Å²) >= 11 is 0. The number of rotatable bonds is 1. The molecule has 0 N–H and O–H groups in total. The Hall–Kier alpha value is -0.570. The molecule has 0 spiro atoms. The van der Waals surface area contributed by atoms with Gasteiger partial charge in [-0.2, -0.15) is 0 Å². The number of carbonyl (C=O) groups excluding carboxylic acids is 1. The van der Waals surface area contributed by atoms with E-state index < -0.39 is 0 Å². The Morgan fingerprint density at radius 1 is 1.20 bits per heavy atom. The smallest absolute Gasteiger partial charge is 0.322 e.